The first-order valence-electron chi connectivity index (χ1n) is 6.69. The maximum absolute atomic E-state index is 10.9. The monoisotopic (exact) mass is 265 g/mol. The third kappa shape index (κ3) is 6.25. The summed E-state index contributed by atoms with van der Waals surface area (Å²) in [6, 6.07) is 8.16. The van der Waals surface area contributed by atoms with Gasteiger partial charge in [0.25, 0.3) is 0 Å². The van der Waals surface area contributed by atoms with Gasteiger partial charge in [0.15, 0.2) is 0 Å². The second-order valence-corrected chi connectivity index (χ2v) is 4.54. The molecule has 1 aromatic carbocycles. The van der Waals surface area contributed by atoms with E-state index in [1.54, 1.807) is 0 Å². The maximum atomic E-state index is 10.9. The lowest BCUT2D eigenvalue weighted by Crippen LogP contribution is -2.21. The predicted octanol–water partition coefficient (Wildman–Crippen LogP) is 2.30. The first kappa shape index (κ1) is 15.5. The van der Waals surface area contributed by atoms with Gasteiger partial charge in [0.1, 0.15) is 5.75 Å². The molecule has 0 spiro atoms. The number of esters is 1. The van der Waals surface area contributed by atoms with E-state index in [0.717, 1.165) is 18.6 Å². The molecule has 2 N–H and O–H groups in total. The highest BCUT2D eigenvalue weighted by atomic mass is 16.5. The summed E-state index contributed by atoms with van der Waals surface area (Å²) in [5.41, 5.74) is 7.13. The summed E-state index contributed by atoms with van der Waals surface area (Å²) in [5, 5.41) is 0. The number of hydrogen-bond acceptors (Lipinski definition) is 4. The van der Waals surface area contributed by atoms with Gasteiger partial charge in [0, 0.05) is 12.5 Å². The molecule has 0 heterocycles. The Morgan fingerprint density at radius 1 is 1.32 bits per heavy atom. The molecule has 1 rings (SSSR count). The van der Waals surface area contributed by atoms with Crippen LogP contribution >= 0.6 is 0 Å². The van der Waals surface area contributed by atoms with Crippen molar-refractivity contribution in [2.45, 2.75) is 38.6 Å². The van der Waals surface area contributed by atoms with Crippen LogP contribution in [0.2, 0.25) is 0 Å². The Labute approximate surface area is 114 Å². The fourth-order valence-electron chi connectivity index (χ4n) is 1.68. The van der Waals surface area contributed by atoms with Crippen LogP contribution in [0.15, 0.2) is 24.3 Å². The van der Waals surface area contributed by atoms with E-state index in [4.69, 9.17) is 10.5 Å². The van der Waals surface area contributed by atoms with Crippen LogP contribution in [0.5, 0.6) is 5.75 Å². The van der Waals surface area contributed by atoms with Crippen LogP contribution < -0.4 is 10.5 Å². The highest BCUT2D eigenvalue weighted by Crippen LogP contribution is 2.14. The lowest BCUT2D eigenvalue weighted by Gasteiger charge is -2.10. The van der Waals surface area contributed by atoms with Gasteiger partial charge < -0.3 is 15.2 Å². The molecule has 19 heavy (non-hydrogen) atoms. The fourth-order valence-corrected chi connectivity index (χ4v) is 1.68. The van der Waals surface area contributed by atoms with E-state index >= 15 is 0 Å². The topological polar surface area (TPSA) is 61.5 Å². The van der Waals surface area contributed by atoms with Gasteiger partial charge in [-0.25, -0.2) is 0 Å². The summed E-state index contributed by atoms with van der Waals surface area (Å²) in [7, 11) is 1.39. The molecular weight excluding hydrogens is 242 g/mol. The van der Waals surface area contributed by atoms with Gasteiger partial charge >= 0.3 is 5.97 Å². The molecule has 106 valence electrons. The Bertz CT molecular complexity index is 375. The number of rotatable bonds is 8. The molecule has 0 fully saturated rings. The standard InChI is InChI=1S/C15H23NO3/c1-3-13(16)11-12-6-8-14(9-7-12)19-10-4-5-15(17)18-2/h6-9,13H,3-5,10-11,16H2,1-2H3. The zero-order chi connectivity index (χ0) is 14.1. The van der Waals surface area contributed by atoms with E-state index in [0.29, 0.717) is 19.4 Å². The summed E-state index contributed by atoms with van der Waals surface area (Å²) < 4.78 is 10.1. The second-order valence-electron chi connectivity index (χ2n) is 4.54. The quantitative estimate of drug-likeness (QED) is 0.578. The van der Waals surface area contributed by atoms with Gasteiger partial charge in [-0.2, -0.15) is 0 Å². The van der Waals surface area contributed by atoms with Crippen molar-refractivity contribution in [1.82, 2.24) is 0 Å². The van der Waals surface area contributed by atoms with Crippen LogP contribution in [0.3, 0.4) is 0 Å². The van der Waals surface area contributed by atoms with Crippen LogP contribution in [0.4, 0.5) is 0 Å². The van der Waals surface area contributed by atoms with E-state index in [9.17, 15) is 4.79 Å². The van der Waals surface area contributed by atoms with E-state index in [1.165, 1.54) is 12.7 Å². The lowest BCUT2D eigenvalue weighted by molar-refractivity contribution is -0.140. The van der Waals surface area contributed by atoms with Crippen molar-refractivity contribution in [2.75, 3.05) is 13.7 Å². The zero-order valence-electron chi connectivity index (χ0n) is 11.7. The molecule has 0 aliphatic carbocycles. The first-order chi connectivity index (χ1) is 9.15. The third-order valence-electron chi connectivity index (χ3n) is 2.97. The molecule has 0 aliphatic heterocycles. The molecule has 0 amide bonds. The molecule has 0 radical (unpaired) electrons. The normalized spacial score (nSPS) is 11.9. The van der Waals surface area contributed by atoms with Crippen molar-refractivity contribution in [2.24, 2.45) is 5.73 Å². The number of methoxy groups -OCH3 is 1. The Morgan fingerprint density at radius 2 is 2.00 bits per heavy atom. The Kier molecular flexibility index (Phi) is 6.97. The summed E-state index contributed by atoms with van der Waals surface area (Å²) in [5.74, 6) is 0.617. The molecule has 0 aliphatic rings. The molecule has 0 saturated carbocycles. The molecule has 1 aromatic rings. The van der Waals surface area contributed by atoms with Crippen LogP contribution in [-0.4, -0.2) is 25.7 Å². The van der Waals surface area contributed by atoms with Gasteiger partial charge in [0.2, 0.25) is 0 Å². The molecular formula is C15H23NO3. The minimum Gasteiger partial charge on any atom is -0.494 e. The molecule has 0 aromatic heterocycles. The minimum atomic E-state index is -0.201. The minimum absolute atomic E-state index is 0.201. The fraction of sp³-hybridized carbons (Fsp3) is 0.533. The number of benzene rings is 1. The van der Waals surface area contributed by atoms with Crippen LogP contribution in [-0.2, 0) is 16.0 Å². The summed E-state index contributed by atoms with van der Waals surface area (Å²) in [4.78, 5) is 10.9. The summed E-state index contributed by atoms with van der Waals surface area (Å²) in [6.45, 7) is 2.60. The van der Waals surface area contributed by atoms with Gasteiger partial charge in [0.05, 0.1) is 13.7 Å². The van der Waals surface area contributed by atoms with Crippen molar-refractivity contribution in [1.29, 1.82) is 0 Å². The Balaban J connectivity index is 2.30. The molecule has 0 bridgehead atoms. The number of carbonyl (C=O) groups is 1. The summed E-state index contributed by atoms with van der Waals surface area (Å²) in [6.07, 6.45) is 2.92. The Morgan fingerprint density at radius 3 is 2.58 bits per heavy atom. The largest absolute Gasteiger partial charge is 0.494 e. The highest BCUT2D eigenvalue weighted by Gasteiger charge is 2.03. The average Bonchev–Trinajstić information content (AvgIpc) is 2.44. The highest BCUT2D eigenvalue weighted by molar-refractivity contribution is 5.69. The van der Waals surface area contributed by atoms with Crippen LogP contribution in [0.1, 0.15) is 31.7 Å². The maximum Gasteiger partial charge on any atom is 0.305 e. The predicted molar refractivity (Wildman–Crippen MR) is 75.2 cm³/mol. The van der Waals surface area contributed by atoms with E-state index < -0.39 is 0 Å². The molecule has 1 unspecified atom stereocenters. The Hall–Kier alpha value is -1.55. The van der Waals surface area contributed by atoms with Gasteiger partial charge in [-0.1, -0.05) is 19.1 Å². The van der Waals surface area contributed by atoms with E-state index in [-0.39, 0.29) is 12.0 Å². The van der Waals surface area contributed by atoms with Crippen molar-refractivity contribution in [3.8, 4) is 5.75 Å². The third-order valence-corrected chi connectivity index (χ3v) is 2.97. The summed E-state index contributed by atoms with van der Waals surface area (Å²) >= 11 is 0. The second kappa shape index (κ2) is 8.53. The van der Waals surface area contributed by atoms with E-state index in [1.807, 2.05) is 24.3 Å². The van der Waals surface area contributed by atoms with Gasteiger partial charge in [-0.3, -0.25) is 4.79 Å². The molecule has 4 nitrogen and oxygen atoms in total. The van der Waals surface area contributed by atoms with Crippen LogP contribution in [0.25, 0.3) is 0 Å². The number of hydrogen-bond donors (Lipinski definition) is 1. The molecule has 1 atom stereocenters. The zero-order valence-corrected chi connectivity index (χ0v) is 11.7. The van der Waals surface area contributed by atoms with Crippen LogP contribution in [0, 0.1) is 0 Å². The number of carbonyl (C=O) groups excluding carboxylic acids is 1. The van der Waals surface area contributed by atoms with Gasteiger partial charge in [-0.05, 0) is 37.0 Å². The van der Waals surface area contributed by atoms with Crippen molar-refractivity contribution < 1.29 is 14.3 Å². The lowest BCUT2D eigenvalue weighted by atomic mass is 10.0. The van der Waals surface area contributed by atoms with Crippen molar-refractivity contribution in [3.05, 3.63) is 29.8 Å². The van der Waals surface area contributed by atoms with Crippen molar-refractivity contribution in [3.63, 3.8) is 0 Å². The smallest absolute Gasteiger partial charge is 0.305 e. The number of ether oxygens (including phenoxy) is 2. The average molecular weight is 265 g/mol. The first-order valence-corrected chi connectivity index (χ1v) is 6.69. The SMILES string of the molecule is CCC(N)Cc1ccc(OCCCC(=O)OC)cc1. The van der Waals surface area contributed by atoms with Gasteiger partial charge in [-0.15, -0.1) is 0 Å². The van der Waals surface area contributed by atoms with Crippen molar-refractivity contribution >= 4 is 5.97 Å². The molecule has 4 heteroatoms. The number of nitrogens with two attached hydrogens (primary N) is 1. The van der Waals surface area contributed by atoms with E-state index in [2.05, 4.69) is 11.7 Å². The molecule has 0 saturated heterocycles.